The average molecular weight is 274 g/mol. The molecule has 1 aliphatic heterocycles. The Hall–Kier alpha value is -1.57. The predicted molar refractivity (Wildman–Crippen MR) is 63.1 cm³/mol. The number of nitrogens with one attached hydrogen (secondary N) is 1. The van der Waals surface area contributed by atoms with E-state index in [9.17, 15) is 18.0 Å². The second-order valence-corrected chi connectivity index (χ2v) is 6.34. The molecule has 2 rings (SSSR count). The number of rotatable bonds is 3. The number of carbonyl (C=O) groups excluding carboxylic acids is 1. The van der Waals surface area contributed by atoms with E-state index in [4.69, 9.17) is 4.74 Å². The van der Waals surface area contributed by atoms with Crippen molar-refractivity contribution in [3.8, 4) is 0 Å². The van der Waals surface area contributed by atoms with E-state index in [0.29, 0.717) is 12.8 Å². The van der Waals surface area contributed by atoms with Crippen molar-refractivity contribution < 1.29 is 17.9 Å². The van der Waals surface area contributed by atoms with Crippen LogP contribution >= 0.6 is 0 Å². The first kappa shape index (κ1) is 12.9. The fraction of sp³-hybridized carbons (Fsp3) is 0.600. The molecule has 0 saturated carbocycles. The molecule has 0 radical (unpaired) electrons. The van der Waals surface area contributed by atoms with Crippen LogP contribution in [-0.4, -0.2) is 36.5 Å². The third-order valence-corrected chi connectivity index (χ3v) is 4.96. The summed E-state index contributed by atoms with van der Waals surface area (Å²) < 4.78 is 29.2. The Morgan fingerprint density at radius 2 is 2.33 bits per heavy atom. The Morgan fingerprint density at radius 1 is 1.61 bits per heavy atom. The minimum Gasteiger partial charge on any atom is -0.461 e. The van der Waals surface area contributed by atoms with Gasteiger partial charge in [-0.3, -0.25) is 9.89 Å². The Bertz CT molecular complexity index is 612. The molecule has 2 heterocycles. The van der Waals surface area contributed by atoms with Crippen LogP contribution in [0.5, 0.6) is 0 Å². The number of aromatic nitrogens is 2. The number of nitrogens with zero attached hydrogens (tertiary/aromatic N) is 1. The van der Waals surface area contributed by atoms with Crippen molar-refractivity contribution in [1.82, 2.24) is 9.78 Å². The zero-order valence-corrected chi connectivity index (χ0v) is 10.7. The summed E-state index contributed by atoms with van der Waals surface area (Å²) in [6, 6.07) is 1.06. The van der Waals surface area contributed by atoms with Gasteiger partial charge in [0.25, 0.3) is 5.56 Å². The van der Waals surface area contributed by atoms with E-state index < -0.39 is 26.7 Å². The van der Waals surface area contributed by atoms with Gasteiger partial charge in [0.1, 0.15) is 5.69 Å². The van der Waals surface area contributed by atoms with Crippen molar-refractivity contribution in [2.24, 2.45) is 0 Å². The quantitative estimate of drug-likeness (QED) is 0.786. The molecule has 1 aliphatic rings. The molecule has 8 heteroatoms. The maximum Gasteiger partial charge on any atom is 0.356 e. The number of hydrogen-bond donors (Lipinski definition) is 1. The van der Waals surface area contributed by atoms with Crippen LogP contribution in [0.4, 0.5) is 0 Å². The van der Waals surface area contributed by atoms with Crippen molar-refractivity contribution in [2.45, 2.75) is 25.1 Å². The minimum atomic E-state index is -3.31. The molecule has 1 aromatic heterocycles. The van der Waals surface area contributed by atoms with Crippen molar-refractivity contribution in [3.05, 3.63) is 22.1 Å². The lowest BCUT2D eigenvalue weighted by Crippen LogP contribution is -2.25. The highest BCUT2D eigenvalue weighted by Gasteiger charge is 2.34. The molecule has 100 valence electrons. The molecule has 1 saturated heterocycles. The topological polar surface area (TPSA) is 98.2 Å². The maximum absolute atomic E-state index is 11.7. The Labute approximate surface area is 104 Å². The van der Waals surface area contributed by atoms with Crippen LogP contribution in [-0.2, 0) is 14.6 Å². The molecule has 1 aromatic rings. The van der Waals surface area contributed by atoms with Crippen LogP contribution in [0.25, 0.3) is 0 Å². The van der Waals surface area contributed by atoms with Crippen molar-refractivity contribution in [2.75, 3.05) is 12.4 Å². The first-order valence-corrected chi connectivity index (χ1v) is 7.37. The van der Waals surface area contributed by atoms with E-state index in [0.717, 1.165) is 10.7 Å². The summed E-state index contributed by atoms with van der Waals surface area (Å²) in [5, 5.41) is 1.62. The number of sulfone groups is 1. The number of H-pyrrole nitrogens is 1. The maximum atomic E-state index is 11.7. The van der Waals surface area contributed by atoms with Gasteiger partial charge in [0.05, 0.1) is 12.4 Å². The van der Waals surface area contributed by atoms with Gasteiger partial charge in [-0.05, 0) is 19.8 Å². The Morgan fingerprint density at radius 3 is 2.89 bits per heavy atom. The third kappa shape index (κ3) is 2.20. The van der Waals surface area contributed by atoms with Gasteiger partial charge in [-0.15, -0.1) is 0 Å². The molecule has 1 N–H and O–H groups in total. The molecule has 1 fully saturated rings. The van der Waals surface area contributed by atoms with Gasteiger partial charge in [-0.1, -0.05) is 0 Å². The first-order valence-electron chi connectivity index (χ1n) is 5.66. The fourth-order valence-corrected chi connectivity index (χ4v) is 3.85. The molecule has 1 atom stereocenters. The van der Waals surface area contributed by atoms with Crippen LogP contribution < -0.4 is 5.56 Å². The predicted octanol–water partition coefficient (Wildman–Crippen LogP) is 0.0603. The summed E-state index contributed by atoms with van der Waals surface area (Å²) in [5.41, 5.74) is -0.558. The molecule has 18 heavy (non-hydrogen) atoms. The highest BCUT2D eigenvalue weighted by Crippen LogP contribution is 2.27. The molecule has 0 spiro atoms. The lowest BCUT2D eigenvalue weighted by molar-refractivity contribution is 0.0518. The number of hydrogen-bond acceptors (Lipinski definition) is 5. The van der Waals surface area contributed by atoms with E-state index in [1.54, 1.807) is 6.92 Å². The van der Waals surface area contributed by atoms with E-state index >= 15 is 0 Å². The molecule has 0 bridgehead atoms. The van der Waals surface area contributed by atoms with Gasteiger partial charge >= 0.3 is 5.97 Å². The van der Waals surface area contributed by atoms with E-state index in [-0.39, 0.29) is 18.1 Å². The van der Waals surface area contributed by atoms with Crippen molar-refractivity contribution in [3.63, 3.8) is 0 Å². The minimum absolute atomic E-state index is 0.0241. The smallest absolute Gasteiger partial charge is 0.356 e. The molecule has 0 aliphatic carbocycles. The van der Waals surface area contributed by atoms with Crippen LogP contribution in [0.15, 0.2) is 10.9 Å². The van der Waals surface area contributed by atoms with Gasteiger partial charge in [-0.25, -0.2) is 17.9 Å². The lowest BCUT2D eigenvalue weighted by atomic mass is 10.3. The molecular weight excluding hydrogens is 260 g/mol. The molecule has 7 nitrogen and oxygen atoms in total. The number of carbonyl (C=O) groups is 1. The summed E-state index contributed by atoms with van der Waals surface area (Å²) in [5.74, 6) is -0.596. The van der Waals surface area contributed by atoms with Gasteiger partial charge in [0.15, 0.2) is 15.2 Å². The zero-order valence-electron chi connectivity index (χ0n) is 9.88. The first-order chi connectivity index (χ1) is 8.45. The monoisotopic (exact) mass is 274 g/mol. The van der Waals surface area contributed by atoms with Crippen molar-refractivity contribution in [1.29, 1.82) is 0 Å². The second-order valence-electron chi connectivity index (χ2n) is 4.06. The van der Waals surface area contributed by atoms with Crippen LogP contribution in [0, 0.1) is 0 Å². The van der Waals surface area contributed by atoms with E-state index in [1.165, 1.54) is 0 Å². The van der Waals surface area contributed by atoms with Crippen molar-refractivity contribution >= 4 is 15.8 Å². The van der Waals surface area contributed by atoms with Gasteiger partial charge < -0.3 is 4.74 Å². The number of esters is 1. The average Bonchev–Trinajstić information content (AvgIpc) is 2.81. The Balaban J connectivity index is 2.36. The number of ether oxygens (including phenoxy) is 1. The fourth-order valence-electron chi connectivity index (χ4n) is 2.00. The van der Waals surface area contributed by atoms with Gasteiger partial charge in [0, 0.05) is 6.07 Å². The SMILES string of the molecule is CCOC(=O)c1cc(=O)n([C@H]2CCCS2(=O)=O)[nH]1. The summed E-state index contributed by atoms with van der Waals surface area (Å²) >= 11 is 0. The largest absolute Gasteiger partial charge is 0.461 e. The summed E-state index contributed by atoms with van der Waals surface area (Å²) in [4.78, 5) is 23.1. The molecule has 0 amide bonds. The summed E-state index contributed by atoms with van der Waals surface area (Å²) in [7, 11) is -3.31. The standard InChI is InChI=1S/C10H14N2O5S/c1-2-17-10(14)7-6-8(13)12(11-7)9-4-3-5-18(9,15)16/h6,9,11H,2-5H2,1H3/t9-/m1/s1. The van der Waals surface area contributed by atoms with Gasteiger partial charge in [0.2, 0.25) is 0 Å². The highest BCUT2D eigenvalue weighted by atomic mass is 32.2. The molecular formula is C10H14N2O5S. The third-order valence-electron chi connectivity index (χ3n) is 2.82. The lowest BCUT2D eigenvalue weighted by Gasteiger charge is -2.09. The van der Waals surface area contributed by atoms with Crippen LogP contribution in [0.3, 0.4) is 0 Å². The molecule has 0 unspecified atom stereocenters. The second kappa shape index (κ2) is 4.60. The number of aromatic amines is 1. The normalized spacial score (nSPS) is 21.9. The summed E-state index contributed by atoms with van der Waals surface area (Å²) in [6.45, 7) is 1.84. The van der Waals surface area contributed by atoms with Gasteiger partial charge in [-0.2, -0.15) is 0 Å². The zero-order chi connectivity index (χ0) is 13.3. The Kier molecular flexibility index (Phi) is 3.29. The highest BCUT2D eigenvalue weighted by molar-refractivity contribution is 7.91. The molecule has 0 aromatic carbocycles. The van der Waals surface area contributed by atoms with E-state index in [1.807, 2.05) is 0 Å². The van der Waals surface area contributed by atoms with Crippen LogP contribution in [0.2, 0.25) is 0 Å². The van der Waals surface area contributed by atoms with Crippen LogP contribution in [0.1, 0.15) is 35.6 Å². The summed E-state index contributed by atoms with van der Waals surface area (Å²) in [6.07, 6.45) is 0.901. The van der Waals surface area contributed by atoms with E-state index in [2.05, 4.69) is 5.10 Å².